The minimum absolute atomic E-state index is 0.561. The van der Waals surface area contributed by atoms with Crippen LogP contribution in [0.1, 0.15) is 51.3 Å². The van der Waals surface area contributed by atoms with E-state index in [2.05, 4.69) is 41.0 Å². The number of fused-ring (bicyclic) bond motifs is 1. The number of nitrogens with one attached hydrogen (secondary N) is 1. The van der Waals surface area contributed by atoms with Gasteiger partial charge in [0.2, 0.25) is 0 Å². The van der Waals surface area contributed by atoms with Gasteiger partial charge in [-0.15, -0.1) is 0 Å². The van der Waals surface area contributed by atoms with Crippen LogP contribution in [0.25, 0.3) is 0 Å². The summed E-state index contributed by atoms with van der Waals surface area (Å²) in [5, 5.41) is 8.37. The van der Waals surface area contributed by atoms with Crippen molar-refractivity contribution in [2.45, 2.75) is 58.2 Å². The van der Waals surface area contributed by atoms with E-state index in [4.69, 9.17) is 5.10 Å². The van der Waals surface area contributed by atoms with Gasteiger partial charge in [-0.3, -0.25) is 9.58 Å². The molecule has 112 valence electrons. The summed E-state index contributed by atoms with van der Waals surface area (Å²) < 4.78 is 2.17. The fraction of sp³-hybridized carbons (Fsp3) is 0.812. The number of piperidine rings is 1. The van der Waals surface area contributed by atoms with Gasteiger partial charge in [-0.05, 0) is 50.8 Å². The van der Waals surface area contributed by atoms with Crippen LogP contribution in [0.5, 0.6) is 0 Å². The van der Waals surface area contributed by atoms with Crippen LogP contribution >= 0.6 is 0 Å². The first-order chi connectivity index (χ1) is 9.81. The Bertz CT molecular complexity index is 424. The molecule has 2 aliphatic rings. The summed E-state index contributed by atoms with van der Waals surface area (Å²) in [5.41, 5.74) is 1.24. The van der Waals surface area contributed by atoms with Crippen molar-refractivity contribution in [3.05, 3.63) is 18.0 Å². The van der Waals surface area contributed by atoms with Gasteiger partial charge in [0.25, 0.3) is 0 Å². The molecule has 2 fully saturated rings. The van der Waals surface area contributed by atoms with Crippen molar-refractivity contribution in [3.63, 3.8) is 0 Å². The molecule has 0 saturated carbocycles. The predicted molar refractivity (Wildman–Crippen MR) is 81.6 cm³/mol. The maximum atomic E-state index is 4.82. The van der Waals surface area contributed by atoms with Crippen molar-refractivity contribution in [3.8, 4) is 0 Å². The van der Waals surface area contributed by atoms with E-state index in [0.29, 0.717) is 6.04 Å². The number of nitrogens with zero attached hydrogens (tertiary/aromatic N) is 3. The van der Waals surface area contributed by atoms with Gasteiger partial charge >= 0.3 is 0 Å². The van der Waals surface area contributed by atoms with Gasteiger partial charge in [-0.25, -0.2) is 0 Å². The van der Waals surface area contributed by atoms with Crippen LogP contribution in [-0.4, -0.2) is 40.4 Å². The molecule has 20 heavy (non-hydrogen) atoms. The Labute approximate surface area is 122 Å². The molecule has 2 unspecified atom stereocenters. The normalized spacial score (nSPS) is 27.1. The van der Waals surface area contributed by atoms with Gasteiger partial charge in [0, 0.05) is 25.3 Å². The van der Waals surface area contributed by atoms with E-state index < -0.39 is 0 Å². The third-order valence-corrected chi connectivity index (χ3v) is 5.14. The average molecular weight is 276 g/mol. The summed E-state index contributed by atoms with van der Waals surface area (Å²) in [7, 11) is 0. The topological polar surface area (TPSA) is 33.1 Å². The monoisotopic (exact) mass is 276 g/mol. The standard InChI is InChI=1S/C16H28N4/c1-3-15(4-2)20-9-7-14(18-20)12-19-8-5-6-13-10-17-11-16(13)19/h7,9,13,15-17H,3-6,8,10-12H2,1-2H3. The Morgan fingerprint density at radius 2 is 2.20 bits per heavy atom. The van der Waals surface area contributed by atoms with E-state index in [1.165, 1.54) is 31.6 Å². The molecule has 2 atom stereocenters. The highest BCUT2D eigenvalue weighted by atomic mass is 15.3. The maximum absolute atomic E-state index is 4.82. The lowest BCUT2D eigenvalue weighted by Crippen LogP contribution is -2.44. The van der Waals surface area contributed by atoms with Crippen molar-refractivity contribution in [2.24, 2.45) is 5.92 Å². The predicted octanol–water partition coefficient (Wildman–Crippen LogP) is 2.43. The molecule has 1 aromatic heterocycles. The summed E-state index contributed by atoms with van der Waals surface area (Å²) in [6, 6.07) is 3.51. The molecule has 4 nitrogen and oxygen atoms in total. The Hall–Kier alpha value is -0.870. The molecule has 4 heteroatoms. The van der Waals surface area contributed by atoms with Gasteiger partial charge < -0.3 is 5.32 Å². The molecule has 1 aromatic rings. The first kappa shape index (κ1) is 14.1. The van der Waals surface area contributed by atoms with Crippen molar-refractivity contribution < 1.29 is 0 Å². The second-order valence-electron chi connectivity index (χ2n) is 6.36. The molecule has 2 aliphatic heterocycles. The molecule has 0 bridgehead atoms. The average Bonchev–Trinajstić information content (AvgIpc) is 3.10. The quantitative estimate of drug-likeness (QED) is 0.896. The van der Waals surface area contributed by atoms with Gasteiger partial charge in [-0.1, -0.05) is 13.8 Å². The minimum Gasteiger partial charge on any atom is -0.315 e. The second kappa shape index (κ2) is 6.27. The van der Waals surface area contributed by atoms with Gasteiger partial charge in [0.05, 0.1) is 11.7 Å². The summed E-state index contributed by atoms with van der Waals surface area (Å²) >= 11 is 0. The van der Waals surface area contributed by atoms with Crippen LogP contribution in [0.2, 0.25) is 0 Å². The second-order valence-corrected chi connectivity index (χ2v) is 6.36. The maximum Gasteiger partial charge on any atom is 0.0765 e. The van der Waals surface area contributed by atoms with E-state index in [-0.39, 0.29) is 0 Å². The highest BCUT2D eigenvalue weighted by Crippen LogP contribution is 2.27. The van der Waals surface area contributed by atoms with E-state index >= 15 is 0 Å². The van der Waals surface area contributed by atoms with Crippen LogP contribution in [-0.2, 0) is 6.54 Å². The summed E-state index contributed by atoms with van der Waals surface area (Å²) in [6.07, 6.45) is 7.24. The van der Waals surface area contributed by atoms with Gasteiger partial charge in [-0.2, -0.15) is 5.10 Å². The van der Waals surface area contributed by atoms with Crippen LogP contribution in [0.4, 0.5) is 0 Å². The lowest BCUT2D eigenvalue weighted by molar-refractivity contribution is 0.115. The smallest absolute Gasteiger partial charge is 0.0765 e. The zero-order chi connectivity index (χ0) is 13.9. The summed E-state index contributed by atoms with van der Waals surface area (Å²) in [5.74, 6) is 0.866. The number of hydrogen-bond acceptors (Lipinski definition) is 3. The van der Waals surface area contributed by atoms with E-state index in [1.54, 1.807) is 0 Å². The van der Waals surface area contributed by atoms with Gasteiger partial charge in [0.15, 0.2) is 0 Å². The number of aromatic nitrogens is 2. The van der Waals surface area contributed by atoms with Gasteiger partial charge in [0.1, 0.15) is 0 Å². The molecule has 0 amide bonds. The van der Waals surface area contributed by atoms with E-state index in [9.17, 15) is 0 Å². The highest BCUT2D eigenvalue weighted by molar-refractivity contribution is 5.02. The lowest BCUT2D eigenvalue weighted by atomic mass is 9.92. The first-order valence-corrected chi connectivity index (χ1v) is 8.30. The van der Waals surface area contributed by atoms with Crippen LogP contribution in [0.3, 0.4) is 0 Å². The Kier molecular flexibility index (Phi) is 4.41. The van der Waals surface area contributed by atoms with Crippen molar-refractivity contribution in [1.29, 1.82) is 0 Å². The molecule has 3 heterocycles. The van der Waals surface area contributed by atoms with Crippen molar-refractivity contribution >= 4 is 0 Å². The van der Waals surface area contributed by atoms with E-state index in [0.717, 1.165) is 37.9 Å². The largest absolute Gasteiger partial charge is 0.315 e. The van der Waals surface area contributed by atoms with Crippen molar-refractivity contribution in [2.75, 3.05) is 19.6 Å². The number of likely N-dealkylation sites (tertiary alicyclic amines) is 1. The van der Waals surface area contributed by atoms with Crippen LogP contribution < -0.4 is 5.32 Å². The molecular formula is C16H28N4. The molecule has 0 spiro atoms. The molecule has 2 saturated heterocycles. The fourth-order valence-corrected chi connectivity index (χ4v) is 3.90. The first-order valence-electron chi connectivity index (χ1n) is 8.30. The zero-order valence-electron chi connectivity index (χ0n) is 12.9. The Balaban J connectivity index is 1.65. The molecule has 0 aliphatic carbocycles. The molecular weight excluding hydrogens is 248 g/mol. The third kappa shape index (κ3) is 2.77. The molecule has 1 N–H and O–H groups in total. The van der Waals surface area contributed by atoms with Crippen LogP contribution in [0.15, 0.2) is 12.3 Å². The lowest BCUT2D eigenvalue weighted by Gasteiger charge is -2.36. The third-order valence-electron chi connectivity index (χ3n) is 5.14. The minimum atomic E-state index is 0.561. The molecule has 0 aromatic carbocycles. The van der Waals surface area contributed by atoms with Crippen molar-refractivity contribution in [1.82, 2.24) is 20.0 Å². The number of hydrogen-bond donors (Lipinski definition) is 1. The SMILES string of the molecule is CCC(CC)n1ccc(CN2CCCC3CNCC32)n1. The summed E-state index contributed by atoms with van der Waals surface area (Å²) in [6.45, 7) is 9.13. The number of rotatable bonds is 5. The summed E-state index contributed by atoms with van der Waals surface area (Å²) in [4.78, 5) is 2.65. The fourth-order valence-electron chi connectivity index (χ4n) is 3.90. The van der Waals surface area contributed by atoms with E-state index in [1.807, 2.05) is 0 Å². The molecule has 3 rings (SSSR count). The Morgan fingerprint density at radius 3 is 3.00 bits per heavy atom. The van der Waals surface area contributed by atoms with Crippen LogP contribution in [0, 0.1) is 5.92 Å². The highest BCUT2D eigenvalue weighted by Gasteiger charge is 2.34. The Morgan fingerprint density at radius 1 is 1.35 bits per heavy atom. The molecule has 0 radical (unpaired) electrons. The zero-order valence-corrected chi connectivity index (χ0v) is 12.9.